The minimum atomic E-state index is -0.319. The van der Waals surface area contributed by atoms with E-state index in [-0.39, 0.29) is 30.2 Å². The number of imidazole rings is 1. The molecule has 1 atom stereocenters. The average Bonchev–Trinajstić information content (AvgIpc) is 3.47. The summed E-state index contributed by atoms with van der Waals surface area (Å²) in [4.78, 5) is 36.0. The van der Waals surface area contributed by atoms with Gasteiger partial charge in [0.05, 0.1) is 12.6 Å². The zero-order chi connectivity index (χ0) is 21.1. The van der Waals surface area contributed by atoms with Gasteiger partial charge < -0.3 is 15.3 Å². The molecule has 0 bridgehead atoms. The first kappa shape index (κ1) is 20.8. The maximum Gasteiger partial charge on any atom is 0.274 e. The summed E-state index contributed by atoms with van der Waals surface area (Å²) in [5.74, 6) is 0.547. The van der Waals surface area contributed by atoms with Gasteiger partial charge in [0.15, 0.2) is 11.3 Å². The van der Waals surface area contributed by atoms with E-state index in [4.69, 9.17) is 0 Å². The van der Waals surface area contributed by atoms with E-state index < -0.39 is 0 Å². The van der Waals surface area contributed by atoms with Crippen LogP contribution < -0.4 is 5.32 Å². The number of carbonyl (C=O) groups excluding carboxylic acids is 2. The van der Waals surface area contributed by atoms with Crippen molar-refractivity contribution in [1.29, 1.82) is 0 Å². The molecule has 2 aliphatic rings. The minimum absolute atomic E-state index is 0.106. The van der Waals surface area contributed by atoms with Gasteiger partial charge in [0.25, 0.3) is 5.91 Å². The van der Waals surface area contributed by atoms with E-state index in [1.165, 1.54) is 12.8 Å². The van der Waals surface area contributed by atoms with Crippen LogP contribution in [0.4, 0.5) is 0 Å². The predicted molar refractivity (Wildman–Crippen MR) is 112 cm³/mol. The summed E-state index contributed by atoms with van der Waals surface area (Å²) in [6.45, 7) is 3.36. The summed E-state index contributed by atoms with van der Waals surface area (Å²) in [5, 5.41) is 12.2. The van der Waals surface area contributed by atoms with E-state index in [0.717, 1.165) is 44.5 Å². The predicted octanol–water partition coefficient (Wildman–Crippen LogP) is 2.13. The Labute approximate surface area is 176 Å². The molecule has 1 saturated carbocycles. The Balaban J connectivity index is 1.47. The molecule has 4 rings (SSSR count). The maximum atomic E-state index is 12.7. The first-order valence-electron chi connectivity index (χ1n) is 11.1. The number of aliphatic hydroxyl groups is 1. The van der Waals surface area contributed by atoms with Gasteiger partial charge in [-0.25, -0.2) is 9.97 Å². The molecule has 30 heavy (non-hydrogen) atoms. The molecule has 0 radical (unpaired) electrons. The van der Waals surface area contributed by atoms with Gasteiger partial charge in [-0.15, -0.1) is 0 Å². The van der Waals surface area contributed by atoms with Crippen molar-refractivity contribution < 1.29 is 14.7 Å². The van der Waals surface area contributed by atoms with Crippen molar-refractivity contribution in [1.82, 2.24) is 24.6 Å². The van der Waals surface area contributed by atoms with Crippen LogP contribution in [0.1, 0.15) is 74.0 Å². The highest BCUT2D eigenvalue weighted by atomic mass is 16.3. The van der Waals surface area contributed by atoms with Crippen molar-refractivity contribution in [3.63, 3.8) is 0 Å². The molecule has 162 valence electrons. The minimum Gasteiger partial charge on any atom is -0.394 e. The average molecular weight is 414 g/mol. The molecular weight excluding hydrogens is 382 g/mol. The van der Waals surface area contributed by atoms with Crippen molar-refractivity contribution >= 4 is 17.5 Å². The molecule has 2 aromatic heterocycles. The first-order chi connectivity index (χ1) is 14.6. The third-order valence-electron chi connectivity index (χ3n) is 6.66. The van der Waals surface area contributed by atoms with Crippen LogP contribution in [0.2, 0.25) is 0 Å². The van der Waals surface area contributed by atoms with Crippen LogP contribution in [0.25, 0.3) is 5.65 Å². The SMILES string of the molecule is CCC(CO)NC(=O)c1ncn2c(C3CCN(C(=O)C4CCCC4)CC3)ccnc12. The number of hydrogen-bond acceptors (Lipinski definition) is 5. The fraction of sp³-hybridized carbons (Fsp3) is 0.636. The molecule has 1 aliphatic carbocycles. The van der Waals surface area contributed by atoms with E-state index >= 15 is 0 Å². The number of aliphatic hydroxyl groups excluding tert-OH is 1. The van der Waals surface area contributed by atoms with Crippen LogP contribution in [0, 0.1) is 5.92 Å². The van der Waals surface area contributed by atoms with Crippen LogP contribution in [-0.4, -0.2) is 61.9 Å². The molecule has 2 amide bonds. The van der Waals surface area contributed by atoms with Crippen LogP contribution in [-0.2, 0) is 4.79 Å². The van der Waals surface area contributed by atoms with Crippen molar-refractivity contribution in [2.24, 2.45) is 5.92 Å². The largest absolute Gasteiger partial charge is 0.394 e. The van der Waals surface area contributed by atoms with E-state index in [1.807, 2.05) is 22.3 Å². The summed E-state index contributed by atoms with van der Waals surface area (Å²) >= 11 is 0. The number of fused-ring (bicyclic) bond motifs is 1. The van der Waals surface area contributed by atoms with Crippen LogP contribution >= 0.6 is 0 Å². The lowest BCUT2D eigenvalue weighted by Gasteiger charge is -2.34. The third-order valence-corrected chi connectivity index (χ3v) is 6.66. The molecule has 1 aliphatic heterocycles. The zero-order valence-corrected chi connectivity index (χ0v) is 17.6. The second-order valence-electron chi connectivity index (χ2n) is 8.50. The molecule has 0 spiro atoms. The number of hydrogen-bond donors (Lipinski definition) is 2. The van der Waals surface area contributed by atoms with Gasteiger partial charge in [-0.2, -0.15) is 0 Å². The normalized spacial score (nSPS) is 19.3. The third kappa shape index (κ3) is 4.05. The molecule has 0 aromatic carbocycles. The number of nitrogens with zero attached hydrogens (tertiary/aromatic N) is 4. The number of likely N-dealkylation sites (tertiary alicyclic amines) is 1. The van der Waals surface area contributed by atoms with Crippen molar-refractivity contribution in [3.05, 3.63) is 30.0 Å². The number of nitrogens with one attached hydrogen (secondary N) is 1. The van der Waals surface area contributed by atoms with Crippen molar-refractivity contribution in [2.75, 3.05) is 19.7 Å². The highest BCUT2D eigenvalue weighted by molar-refractivity contribution is 5.98. The number of aromatic nitrogens is 3. The number of piperidine rings is 1. The van der Waals surface area contributed by atoms with Gasteiger partial charge in [0.1, 0.15) is 6.33 Å². The second-order valence-corrected chi connectivity index (χ2v) is 8.50. The van der Waals surface area contributed by atoms with Crippen molar-refractivity contribution in [3.8, 4) is 0 Å². The quantitative estimate of drug-likeness (QED) is 0.756. The smallest absolute Gasteiger partial charge is 0.274 e. The van der Waals surface area contributed by atoms with Gasteiger partial charge >= 0.3 is 0 Å². The van der Waals surface area contributed by atoms with Crippen LogP contribution in [0.5, 0.6) is 0 Å². The molecule has 1 unspecified atom stereocenters. The molecule has 8 nitrogen and oxygen atoms in total. The Kier molecular flexibility index (Phi) is 6.32. The van der Waals surface area contributed by atoms with E-state index in [0.29, 0.717) is 23.9 Å². The molecular formula is C22H31N5O3. The Hall–Kier alpha value is -2.48. The molecule has 2 N–H and O–H groups in total. The standard InChI is InChI=1S/C22H31N5O3/c1-2-17(13-28)25-21(29)19-20-23-10-7-18(27(20)14-24-19)15-8-11-26(12-9-15)22(30)16-5-3-4-6-16/h7,10,14-17,28H,2-6,8-9,11-13H2,1H3,(H,25,29). The highest BCUT2D eigenvalue weighted by Gasteiger charge is 2.31. The summed E-state index contributed by atoms with van der Waals surface area (Å²) < 4.78 is 1.90. The van der Waals surface area contributed by atoms with Crippen LogP contribution in [0.15, 0.2) is 18.6 Å². The Morgan fingerprint density at radius 1 is 1.20 bits per heavy atom. The second kappa shape index (κ2) is 9.12. The fourth-order valence-corrected chi connectivity index (χ4v) is 4.77. The lowest BCUT2D eigenvalue weighted by molar-refractivity contribution is -0.136. The lowest BCUT2D eigenvalue weighted by Crippen LogP contribution is -2.41. The van der Waals surface area contributed by atoms with Crippen molar-refractivity contribution in [2.45, 2.75) is 63.8 Å². The highest BCUT2D eigenvalue weighted by Crippen LogP contribution is 2.32. The van der Waals surface area contributed by atoms with Gasteiger partial charge in [0, 0.05) is 36.8 Å². The Morgan fingerprint density at radius 2 is 1.93 bits per heavy atom. The Bertz CT molecular complexity index is 893. The summed E-state index contributed by atoms with van der Waals surface area (Å²) in [7, 11) is 0. The molecule has 2 fully saturated rings. The summed E-state index contributed by atoms with van der Waals surface area (Å²) in [6, 6.07) is 1.69. The van der Waals surface area contributed by atoms with Gasteiger partial charge in [-0.05, 0) is 38.2 Å². The number of rotatable bonds is 6. The van der Waals surface area contributed by atoms with Gasteiger partial charge in [-0.3, -0.25) is 14.0 Å². The zero-order valence-electron chi connectivity index (χ0n) is 17.6. The van der Waals surface area contributed by atoms with E-state index in [9.17, 15) is 14.7 Å². The number of carbonyl (C=O) groups is 2. The first-order valence-corrected chi connectivity index (χ1v) is 11.1. The van der Waals surface area contributed by atoms with Gasteiger partial charge in [-0.1, -0.05) is 19.8 Å². The Morgan fingerprint density at radius 3 is 2.60 bits per heavy atom. The van der Waals surface area contributed by atoms with Gasteiger partial charge in [0.2, 0.25) is 5.91 Å². The topological polar surface area (TPSA) is 99.8 Å². The maximum absolute atomic E-state index is 12.7. The fourth-order valence-electron chi connectivity index (χ4n) is 4.77. The lowest BCUT2D eigenvalue weighted by atomic mass is 9.92. The van der Waals surface area contributed by atoms with Crippen LogP contribution in [0.3, 0.4) is 0 Å². The molecule has 3 heterocycles. The van der Waals surface area contributed by atoms with E-state index in [1.54, 1.807) is 12.5 Å². The summed E-state index contributed by atoms with van der Waals surface area (Å²) in [5.41, 5.74) is 1.88. The monoisotopic (exact) mass is 413 g/mol. The molecule has 8 heteroatoms. The molecule has 1 saturated heterocycles. The molecule has 2 aromatic rings. The number of amides is 2. The summed E-state index contributed by atoms with van der Waals surface area (Å²) in [6.07, 6.45) is 10.3. The van der Waals surface area contributed by atoms with E-state index in [2.05, 4.69) is 15.3 Å².